The van der Waals surface area contributed by atoms with Gasteiger partial charge in [-0.05, 0) is 48.1 Å². The summed E-state index contributed by atoms with van der Waals surface area (Å²) < 4.78 is 0. The molecule has 2 heteroatoms. The molecule has 4 rings (SSSR count). The summed E-state index contributed by atoms with van der Waals surface area (Å²) in [5.74, 6) is 0. The van der Waals surface area contributed by atoms with E-state index >= 15 is 0 Å². The highest BCUT2D eigenvalue weighted by Crippen LogP contribution is 2.35. The van der Waals surface area contributed by atoms with Gasteiger partial charge in [-0.25, -0.2) is 9.97 Å². The Bertz CT molecular complexity index is 1020. The van der Waals surface area contributed by atoms with Gasteiger partial charge in [-0.2, -0.15) is 0 Å². The van der Waals surface area contributed by atoms with Crippen molar-refractivity contribution in [3.63, 3.8) is 0 Å². The van der Waals surface area contributed by atoms with E-state index < -0.39 is 0 Å². The zero-order valence-corrected chi connectivity index (χ0v) is 12.4. The van der Waals surface area contributed by atoms with Gasteiger partial charge in [0.2, 0.25) is 0 Å². The molecule has 0 aliphatic rings. The van der Waals surface area contributed by atoms with Crippen LogP contribution in [0, 0.1) is 20.8 Å². The van der Waals surface area contributed by atoms with Gasteiger partial charge < -0.3 is 0 Å². The standard InChI is InChI=1S/C19H16N2/c1-11-8-16-14-6-4-5-7-15(14)19-18(13(3)20-10-21-19)17(16)9-12(11)2/h4-10H,1-3H3. The molecule has 0 bridgehead atoms. The molecule has 21 heavy (non-hydrogen) atoms. The summed E-state index contributed by atoms with van der Waals surface area (Å²) in [5, 5.41) is 6.19. The minimum absolute atomic E-state index is 1.04. The monoisotopic (exact) mass is 272 g/mol. The van der Waals surface area contributed by atoms with Crippen molar-refractivity contribution in [3.05, 3.63) is 59.5 Å². The van der Waals surface area contributed by atoms with Gasteiger partial charge in [-0.15, -0.1) is 0 Å². The summed E-state index contributed by atoms with van der Waals surface area (Å²) in [7, 11) is 0. The first-order chi connectivity index (χ1) is 10.2. The second kappa shape index (κ2) is 4.26. The van der Waals surface area contributed by atoms with Crippen LogP contribution in [0.4, 0.5) is 0 Å². The third kappa shape index (κ3) is 1.65. The molecule has 4 aromatic rings. The van der Waals surface area contributed by atoms with Gasteiger partial charge in [0, 0.05) is 16.5 Å². The Morgan fingerprint density at radius 1 is 0.714 bits per heavy atom. The van der Waals surface area contributed by atoms with Crippen LogP contribution in [0.2, 0.25) is 0 Å². The van der Waals surface area contributed by atoms with Gasteiger partial charge >= 0.3 is 0 Å². The summed E-state index contributed by atoms with van der Waals surface area (Å²) in [6, 6.07) is 13.1. The second-order valence-corrected chi connectivity index (χ2v) is 5.71. The van der Waals surface area contributed by atoms with E-state index in [1.165, 1.54) is 38.1 Å². The Morgan fingerprint density at radius 2 is 1.38 bits per heavy atom. The van der Waals surface area contributed by atoms with Crippen LogP contribution in [-0.4, -0.2) is 9.97 Å². The molecule has 1 heterocycles. The van der Waals surface area contributed by atoms with Crippen molar-refractivity contribution in [1.29, 1.82) is 0 Å². The van der Waals surface area contributed by atoms with Gasteiger partial charge in [-0.1, -0.05) is 36.4 Å². The predicted molar refractivity (Wildman–Crippen MR) is 88.8 cm³/mol. The van der Waals surface area contributed by atoms with Crippen LogP contribution in [0.25, 0.3) is 32.4 Å². The Balaban J connectivity index is 2.44. The van der Waals surface area contributed by atoms with Crippen LogP contribution in [0.3, 0.4) is 0 Å². The second-order valence-electron chi connectivity index (χ2n) is 5.71. The van der Waals surface area contributed by atoms with Crippen LogP contribution in [0.15, 0.2) is 42.7 Å². The van der Waals surface area contributed by atoms with Crippen molar-refractivity contribution in [2.24, 2.45) is 0 Å². The molecule has 0 saturated carbocycles. The highest BCUT2D eigenvalue weighted by Gasteiger charge is 2.12. The third-order valence-electron chi connectivity index (χ3n) is 4.41. The fourth-order valence-electron chi connectivity index (χ4n) is 3.17. The maximum absolute atomic E-state index is 4.56. The van der Waals surface area contributed by atoms with Gasteiger partial charge in [0.25, 0.3) is 0 Å². The molecule has 0 radical (unpaired) electrons. The number of aryl methyl sites for hydroxylation is 3. The summed E-state index contributed by atoms with van der Waals surface area (Å²) in [4.78, 5) is 8.97. The van der Waals surface area contributed by atoms with Gasteiger partial charge in [-0.3, -0.25) is 0 Å². The van der Waals surface area contributed by atoms with Gasteiger partial charge in [0.05, 0.1) is 5.52 Å². The van der Waals surface area contributed by atoms with Crippen LogP contribution in [0.1, 0.15) is 16.8 Å². The van der Waals surface area contributed by atoms with E-state index in [0.29, 0.717) is 0 Å². The Kier molecular flexibility index (Phi) is 2.49. The Hall–Kier alpha value is -2.48. The van der Waals surface area contributed by atoms with E-state index in [9.17, 15) is 0 Å². The maximum atomic E-state index is 4.56. The molecular formula is C19H16N2. The zero-order chi connectivity index (χ0) is 14.6. The fourth-order valence-corrected chi connectivity index (χ4v) is 3.17. The Morgan fingerprint density at radius 3 is 2.14 bits per heavy atom. The molecule has 102 valence electrons. The minimum atomic E-state index is 1.04. The van der Waals surface area contributed by atoms with Gasteiger partial charge in [0.1, 0.15) is 6.33 Å². The smallest absolute Gasteiger partial charge is 0.116 e. The first-order valence-electron chi connectivity index (χ1n) is 7.20. The SMILES string of the molecule is Cc1cc2c3ccccc3c3ncnc(C)c3c2cc1C. The number of nitrogens with zero attached hydrogens (tertiary/aromatic N) is 2. The Labute approximate surface area is 123 Å². The van der Waals surface area contributed by atoms with Gasteiger partial charge in [0.15, 0.2) is 0 Å². The number of hydrogen-bond donors (Lipinski definition) is 0. The van der Waals surface area contributed by atoms with Crippen molar-refractivity contribution in [2.45, 2.75) is 20.8 Å². The molecular weight excluding hydrogens is 256 g/mol. The van der Waals surface area contributed by atoms with Crippen molar-refractivity contribution in [1.82, 2.24) is 9.97 Å². The first-order valence-corrected chi connectivity index (χ1v) is 7.20. The molecule has 0 amide bonds. The summed E-state index contributed by atoms with van der Waals surface area (Å²) in [6.45, 7) is 6.39. The number of aromatic nitrogens is 2. The van der Waals surface area contributed by atoms with Crippen molar-refractivity contribution < 1.29 is 0 Å². The van der Waals surface area contributed by atoms with Crippen LogP contribution in [-0.2, 0) is 0 Å². The third-order valence-corrected chi connectivity index (χ3v) is 4.41. The quantitative estimate of drug-likeness (QED) is 0.427. The molecule has 0 spiro atoms. The number of hydrogen-bond acceptors (Lipinski definition) is 2. The van der Waals surface area contributed by atoms with Crippen LogP contribution in [0.5, 0.6) is 0 Å². The molecule has 0 saturated heterocycles. The van der Waals surface area contributed by atoms with E-state index in [1.54, 1.807) is 6.33 Å². The molecule has 0 aliphatic carbocycles. The maximum Gasteiger partial charge on any atom is 0.116 e. The highest BCUT2D eigenvalue weighted by molar-refractivity contribution is 6.24. The minimum Gasteiger partial charge on any atom is -0.241 e. The van der Waals surface area contributed by atoms with E-state index in [0.717, 1.165) is 11.2 Å². The zero-order valence-electron chi connectivity index (χ0n) is 12.4. The topological polar surface area (TPSA) is 25.8 Å². The molecule has 0 fully saturated rings. The summed E-state index contributed by atoms with van der Waals surface area (Å²) >= 11 is 0. The van der Waals surface area contributed by atoms with E-state index in [-0.39, 0.29) is 0 Å². The van der Waals surface area contributed by atoms with Crippen molar-refractivity contribution in [3.8, 4) is 0 Å². The lowest BCUT2D eigenvalue weighted by Gasteiger charge is -2.12. The van der Waals surface area contributed by atoms with Crippen LogP contribution >= 0.6 is 0 Å². The molecule has 1 aromatic heterocycles. The molecule has 0 atom stereocenters. The largest absolute Gasteiger partial charge is 0.241 e. The van der Waals surface area contributed by atoms with E-state index in [1.807, 2.05) is 0 Å². The lowest BCUT2D eigenvalue weighted by molar-refractivity contribution is 1.16. The number of benzene rings is 3. The molecule has 0 N–H and O–H groups in total. The predicted octanol–water partition coefficient (Wildman–Crippen LogP) is 4.86. The first kappa shape index (κ1) is 12.3. The molecule has 0 aliphatic heterocycles. The van der Waals surface area contributed by atoms with E-state index in [2.05, 4.69) is 67.1 Å². The van der Waals surface area contributed by atoms with E-state index in [4.69, 9.17) is 0 Å². The van der Waals surface area contributed by atoms with Crippen molar-refractivity contribution in [2.75, 3.05) is 0 Å². The molecule has 0 unspecified atom stereocenters. The lowest BCUT2D eigenvalue weighted by Crippen LogP contribution is -1.92. The summed E-state index contributed by atoms with van der Waals surface area (Å²) in [6.07, 6.45) is 1.66. The highest BCUT2D eigenvalue weighted by atomic mass is 14.8. The lowest BCUT2D eigenvalue weighted by atomic mass is 9.93. The number of fused-ring (bicyclic) bond motifs is 6. The average Bonchev–Trinajstić information content (AvgIpc) is 2.49. The average molecular weight is 272 g/mol. The summed E-state index contributed by atoms with van der Waals surface area (Å²) in [5.41, 5.74) is 4.72. The van der Waals surface area contributed by atoms with Crippen molar-refractivity contribution >= 4 is 32.4 Å². The van der Waals surface area contributed by atoms with Crippen LogP contribution < -0.4 is 0 Å². The number of rotatable bonds is 0. The molecule has 3 aromatic carbocycles. The molecule has 2 nitrogen and oxygen atoms in total. The normalized spacial score (nSPS) is 11.6. The fraction of sp³-hybridized carbons (Fsp3) is 0.158.